The van der Waals surface area contributed by atoms with Crippen molar-refractivity contribution >= 4 is 11.7 Å². The Labute approximate surface area is 103 Å². The third-order valence-corrected chi connectivity index (χ3v) is 2.69. The van der Waals surface area contributed by atoms with Gasteiger partial charge >= 0.3 is 5.97 Å². The number of ether oxygens (including phenoxy) is 1. The van der Waals surface area contributed by atoms with E-state index in [0.29, 0.717) is 13.2 Å². The standard InChI is InChI=1S/C14H21NO2/c1-4-12-8-6-7-9-13(12)15-10-11(3)14(16)17-5-2/h6-9,11,15H,4-5,10H2,1-3H3. The Morgan fingerprint density at radius 1 is 1.35 bits per heavy atom. The zero-order chi connectivity index (χ0) is 12.7. The van der Waals surface area contributed by atoms with E-state index >= 15 is 0 Å². The predicted molar refractivity (Wildman–Crippen MR) is 70.1 cm³/mol. The number of hydrogen-bond acceptors (Lipinski definition) is 3. The van der Waals surface area contributed by atoms with E-state index < -0.39 is 0 Å². The van der Waals surface area contributed by atoms with Crippen LogP contribution in [-0.2, 0) is 16.0 Å². The molecule has 3 heteroatoms. The van der Waals surface area contributed by atoms with E-state index in [9.17, 15) is 4.79 Å². The van der Waals surface area contributed by atoms with Crippen LogP contribution in [0.2, 0.25) is 0 Å². The first-order chi connectivity index (χ1) is 8.19. The third kappa shape index (κ3) is 4.10. The number of esters is 1. The Hall–Kier alpha value is -1.51. The zero-order valence-corrected chi connectivity index (χ0v) is 10.8. The maximum atomic E-state index is 11.5. The molecule has 0 bridgehead atoms. The number of para-hydroxylation sites is 1. The first kappa shape index (κ1) is 13.6. The number of anilines is 1. The van der Waals surface area contributed by atoms with Gasteiger partial charge < -0.3 is 10.1 Å². The van der Waals surface area contributed by atoms with Crippen LogP contribution in [0.3, 0.4) is 0 Å². The molecule has 0 saturated carbocycles. The largest absolute Gasteiger partial charge is 0.466 e. The molecule has 1 atom stereocenters. The highest BCUT2D eigenvalue weighted by molar-refractivity contribution is 5.72. The summed E-state index contributed by atoms with van der Waals surface area (Å²) in [4.78, 5) is 11.5. The lowest BCUT2D eigenvalue weighted by Crippen LogP contribution is -2.22. The molecule has 0 aliphatic carbocycles. The van der Waals surface area contributed by atoms with E-state index in [1.54, 1.807) is 0 Å². The van der Waals surface area contributed by atoms with E-state index in [2.05, 4.69) is 18.3 Å². The van der Waals surface area contributed by atoms with Gasteiger partial charge in [-0.15, -0.1) is 0 Å². The lowest BCUT2D eigenvalue weighted by Gasteiger charge is -2.14. The fourth-order valence-electron chi connectivity index (χ4n) is 1.63. The number of hydrogen-bond donors (Lipinski definition) is 1. The van der Waals surface area contributed by atoms with Crippen LogP contribution in [0.4, 0.5) is 5.69 Å². The molecule has 0 fully saturated rings. The smallest absolute Gasteiger partial charge is 0.310 e. The minimum atomic E-state index is -0.144. The second-order valence-corrected chi connectivity index (χ2v) is 4.04. The summed E-state index contributed by atoms with van der Waals surface area (Å²) < 4.78 is 4.97. The average Bonchev–Trinajstić information content (AvgIpc) is 2.36. The first-order valence-corrected chi connectivity index (χ1v) is 6.17. The predicted octanol–water partition coefficient (Wildman–Crippen LogP) is 2.86. The highest BCUT2D eigenvalue weighted by atomic mass is 16.5. The van der Waals surface area contributed by atoms with E-state index in [-0.39, 0.29) is 11.9 Å². The van der Waals surface area contributed by atoms with E-state index in [4.69, 9.17) is 4.74 Å². The molecule has 0 radical (unpaired) electrons. The quantitative estimate of drug-likeness (QED) is 0.770. The molecular formula is C14H21NO2. The van der Waals surface area contributed by atoms with Gasteiger partial charge in [-0.3, -0.25) is 4.79 Å². The highest BCUT2D eigenvalue weighted by Gasteiger charge is 2.13. The van der Waals surface area contributed by atoms with Gasteiger partial charge in [0.15, 0.2) is 0 Å². The SMILES string of the molecule is CCOC(=O)C(C)CNc1ccccc1CC. The number of aryl methyl sites for hydroxylation is 1. The van der Waals surface area contributed by atoms with Crippen molar-refractivity contribution in [3.63, 3.8) is 0 Å². The molecule has 1 unspecified atom stereocenters. The van der Waals surface area contributed by atoms with Crippen molar-refractivity contribution < 1.29 is 9.53 Å². The molecular weight excluding hydrogens is 214 g/mol. The van der Waals surface area contributed by atoms with Crippen LogP contribution >= 0.6 is 0 Å². The number of rotatable bonds is 6. The summed E-state index contributed by atoms with van der Waals surface area (Å²) >= 11 is 0. The van der Waals surface area contributed by atoms with Crippen molar-refractivity contribution in [2.24, 2.45) is 5.92 Å². The Bertz CT molecular complexity index is 363. The number of benzene rings is 1. The Balaban J connectivity index is 2.52. The molecule has 3 nitrogen and oxygen atoms in total. The number of nitrogens with one attached hydrogen (secondary N) is 1. The molecule has 1 aromatic carbocycles. The second-order valence-electron chi connectivity index (χ2n) is 4.04. The fourth-order valence-corrected chi connectivity index (χ4v) is 1.63. The Morgan fingerprint density at radius 3 is 2.71 bits per heavy atom. The lowest BCUT2D eigenvalue weighted by atomic mass is 10.1. The van der Waals surface area contributed by atoms with Crippen LogP contribution < -0.4 is 5.32 Å². The van der Waals surface area contributed by atoms with Crippen LogP contribution in [-0.4, -0.2) is 19.1 Å². The Morgan fingerprint density at radius 2 is 2.06 bits per heavy atom. The van der Waals surface area contributed by atoms with E-state index in [1.807, 2.05) is 32.0 Å². The van der Waals surface area contributed by atoms with E-state index in [0.717, 1.165) is 12.1 Å². The highest BCUT2D eigenvalue weighted by Crippen LogP contribution is 2.16. The molecule has 1 N–H and O–H groups in total. The summed E-state index contributed by atoms with van der Waals surface area (Å²) in [5, 5.41) is 3.30. The molecule has 0 spiro atoms. The molecule has 1 aromatic rings. The van der Waals surface area contributed by atoms with Crippen molar-refractivity contribution in [3.8, 4) is 0 Å². The average molecular weight is 235 g/mol. The van der Waals surface area contributed by atoms with Crippen molar-refractivity contribution in [2.75, 3.05) is 18.5 Å². The first-order valence-electron chi connectivity index (χ1n) is 6.17. The molecule has 1 rings (SSSR count). The summed E-state index contributed by atoms with van der Waals surface area (Å²) in [7, 11) is 0. The van der Waals surface area contributed by atoms with Crippen LogP contribution in [0, 0.1) is 5.92 Å². The summed E-state index contributed by atoms with van der Waals surface area (Å²) in [5.74, 6) is -0.270. The van der Waals surface area contributed by atoms with Gasteiger partial charge in [-0.2, -0.15) is 0 Å². The summed E-state index contributed by atoms with van der Waals surface area (Å²) in [6, 6.07) is 8.16. The van der Waals surface area contributed by atoms with Crippen LogP contribution in [0.25, 0.3) is 0 Å². The van der Waals surface area contributed by atoms with Crippen LogP contribution in [0.5, 0.6) is 0 Å². The zero-order valence-electron chi connectivity index (χ0n) is 10.8. The van der Waals surface area contributed by atoms with Gasteiger partial charge in [0.25, 0.3) is 0 Å². The normalized spacial score (nSPS) is 11.9. The molecule has 17 heavy (non-hydrogen) atoms. The van der Waals surface area contributed by atoms with Gasteiger partial charge in [0, 0.05) is 12.2 Å². The van der Waals surface area contributed by atoms with Crippen molar-refractivity contribution in [3.05, 3.63) is 29.8 Å². The molecule has 0 aliphatic rings. The monoisotopic (exact) mass is 235 g/mol. The summed E-state index contributed by atoms with van der Waals surface area (Å²) in [5.41, 5.74) is 2.37. The van der Waals surface area contributed by atoms with E-state index in [1.165, 1.54) is 5.56 Å². The maximum absolute atomic E-state index is 11.5. The number of carbonyl (C=O) groups is 1. The van der Waals surface area contributed by atoms with Crippen LogP contribution in [0.1, 0.15) is 26.3 Å². The molecule has 0 aliphatic heterocycles. The van der Waals surface area contributed by atoms with Crippen LogP contribution in [0.15, 0.2) is 24.3 Å². The van der Waals surface area contributed by atoms with Gasteiger partial charge in [0.1, 0.15) is 0 Å². The molecule has 0 heterocycles. The van der Waals surface area contributed by atoms with Gasteiger partial charge in [-0.1, -0.05) is 32.0 Å². The fraction of sp³-hybridized carbons (Fsp3) is 0.500. The molecule has 0 aromatic heterocycles. The maximum Gasteiger partial charge on any atom is 0.310 e. The summed E-state index contributed by atoms with van der Waals surface area (Å²) in [6.45, 7) is 6.86. The van der Waals surface area contributed by atoms with Gasteiger partial charge in [-0.25, -0.2) is 0 Å². The minimum absolute atomic E-state index is 0.125. The molecule has 94 valence electrons. The third-order valence-electron chi connectivity index (χ3n) is 2.69. The van der Waals surface area contributed by atoms with Gasteiger partial charge in [0.05, 0.1) is 12.5 Å². The molecule has 0 saturated heterocycles. The van der Waals surface area contributed by atoms with Crippen molar-refractivity contribution in [2.45, 2.75) is 27.2 Å². The topological polar surface area (TPSA) is 38.3 Å². The van der Waals surface area contributed by atoms with Crippen molar-refractivity contribution in [1.29, 1.82) is 0 Å². The number of carbonyl (C=O) groups excluding carboxylic acids is 1. The Kier molecular flexibility index (Phi) is 5.53. The van der Waals surface area contributed by atoms with Gasteiger partial charge in [-0.05, 0) is 25.0 Å². The second kappa shape index (κ2) is 6.94. The minimum Gasteiger partial charge on any atom is -0.466 e. The van der Waals surface area contributed by atoms with Crippen molar-refractivity contribution in [1.82, 2.24) is 0 Å². The lowest BCUT2D eigenvalue weighted by molar-refractivity contribution is -0.146. The van der Waals surface area contributed by atoms with Gasteiger partial charge in [0.2, 0.25) is 0 Å². The molecule has 0 amide bonds. The summed E-state index contributed by atoms with van der Waals surface area (Å²) in [6.07, 6.45) is 0.983.